The lowest BCUT2D eigenvalue weighted by molar-refractivity contribution is 0.241. The predicted octanol–water partition coefficient (Wildman–Crippen LogP) is 1.97. The van der Waals surface area contributed by atoms with E-state index in [0.717, 1.165) is 31.2 Å². The van der Waals surface area contributed by atoms with E-state index < -0.39 is 0 Å². The van der Waals surface area contributed by atoms with Gasteiger partial charge >= 0.3 is 0 Å². The fraction of sp³-hybridized carbons (Fsp3) is 0.474. The van der Waals surface area contributed by atoms with Crippen LogP contribution in [0.5, 0.6) is 0 Å². The zero-order chi connectivity index (χ0) is 17.8. The number of piperidine rings is 1. The van der Waals surface area contributed by atoms with Crippen molar-refractivity contribution in [2.45, 2.75) is 38.3 Å². The Kier molecular flexibility index (Phi) is 5.06. The second-order valence-electron chi connectivity index (χ2n) is 7.04. The number of benzene rings is 1. The van der Waals surface area contributed by atoms with E-state index in [9.17, 15) is 0 Å². The molecule has 1 fully saturated rings. The van der Waals surface area contributed by atoms with Crippen molar-refractivity contribution in [3.05, 3.63) is 60.2 Å². The van der Waals surface area contributed by atoms with Gasteiger partial charge in [0.25, 0.3) is 0 Å². The van der Waals surface area contributed by atoms with E-state index in [1.54, 1.807) is 17.3 Å². The second kappa shape index (κ2) is 7.78. The molecule has 1 aliphatic heterocycles. The van der Waals surface area contributed by atoms with Gasteiger partial charge in [0.15, 0.2) is 5.82 Å². The van der Waals surface area contributed by atoms with E-state index in [1.807, 2.05) is 0 Å². The van der Waals surface area contributed by atoms with Gasteiger partial charge < -0.3 is 4.90 Å². The average molecular weight is 351 g/mol. The van der Waals surface area contributed by atoms with E-state index in [1.165, 1.54) is 24.9 Å². The number of nitrogens with zero attached hydrogens (tertiary/aromatic N) is 7. The van der Waals surface area contributed by atoms with Crippen LogP contribution in [0.4, 0.5) is 0 Å². The Morgan fingerprint density at radius 3 is 2.85 bits per heavy atom. The second-order valence-corrected chi connectivity index (χ2v) is 7.04. The molecule has 1 saturated heterocycles. The molecule has 0 aliphatic carbocycles. The van der Waals surface area contributed by atoms with Gasteiger partial charge in [0.1, 0.15) is 25.0 Å². The number of hydrogen-bond donors (Lipinski definition) is 0. The lowest BCUT2D eigenvalue weighted by atomic mass is 9.97. The van der Waals surface area contributed by atoms with Gasteiger partial charge in [0.05, 0.1) is 0 Å². The molecule has 0 radical (unpaired) electrons. The summed E-state index contributed by atoms with van der Waals surface area (Å²) in [6, 6.07) is 10.6. The first-order chi connectivity index (χ1) is 12.8. The van der Waals surface area contributed by atoms with Gasteiger partial charge in [0, 0.05) is 19.0 Å². The first-order valence-corrected chi connectivity index (χ1v) is 9.26. The molecule has 7 heteroatoms. The zero-order valence-electron chi connectivity index (χ0n) is 15.2. The highest BCUT2D eigenvalue weighted by atomic mass is 15.4. The molecule has 0 bridgehead atoms. The molecule has 0 spiro atoms. The predicted molar refractivity (Wildman–Crippen MR) is 98.8 cm³/mol. The fourth-order valence-corrected chi connectivity index (χ4v) is 3.65. The SMILES string of the molecule is CN1CCCC(c2nc(Cn3cncn3)nn2CCc2ccccc2)C1. The summed E-state index contributed by atoms with van der Waals surface area (Å²) in [7, 11) is 2.19. The van der Waals surface area contributed by atoms with Crippen LogP contribution in [-0.2, 0) is 19.5 Å². The molecule has 3 aromatic rings. The quantitative estimate of drug-likeness (QED) is 0.679. The van der Waals surface area contributed by atoms with E-state index in [2.05, 4.69) is 57.0 Å². The maximum absolute atomic E-state index is 4.89. The highest BCUT2D eigenvalue weighted by molar-refractivity contribution is 5.15. The topological polar surface area (TPSA) is 64.7 Å². The van der Waals surface area contributed by atoms with Gasteiger partial charge in [-0.25, -0.2) is 19.3 Å². The molecule has 3 heterocycles. The molecule has 0 N–H and O–H groups in total. The Hall–Kier alpha value is -2.54. The summed E-state index contributed by atoms with van der Waals surface area (Å²) in [5, 5.41) is 8.98. The summed E-state index contributed by atoms with van der Waals surface area (Å²) >= 11 is 0. The van der Waals surface area contributed by atoms with Crippen molar-refractivity contribution in [2.75, 3.05) is 20.1 Å². The fourth-order valence-electron chi connectivity index (χ4n) is 3.65. The molecule has 4 rings (SSSR count). The molecule has 1 unspecified atom stereocenters. The third kappa shape index (κ3) is 3.99. The summed E-state index contributed by atoms with van der Waals surface area (Å²) in [4.78, 5) is 11.3. The minimum absolute atomic E-state index is 0.446. The first-order valence-electron chi connectivity index (χ1n) is 9.26. The van der Waals surface area contributed by atoms with Crippen molar-refractivity contribution in [3.8, 4) is 0 Å². The molecule has 136 valence electrons. The third-order valence-corrected chi connectivity index (χ3v) is 4.96. The van der Waals surface area contributed by atoms with Crippen molar-refractivity contribution < 1.29 is 0 Å². The molecule has 26 heavy (non-hydrogen) atoms. The highest BCUT2D eigenvalue weighted by Gasteiger charge is 2.25. The van der Waals surface area contributed by atoms with Crippen LogP contribution in [0.1, 0.15) is 36.0 Å². The van der Waals surface area contributed by atoms with E-state index in [-0.39, 0.29) is 0 Å². The molecule has 0 saturated carbocycles. The van der Waals surface area contributed by atoms with E-state index >= 15 is 0 Å². The summed E-state index contributed by atoms with van der Waals surface area (Å²) in [5.41, 5.74) is 1.33. The average Bonchev–Trinajstić information content (AvgIpc) is 3.31. The minimum Gasteiger partial charge on any atom is -0.306 e. The van der Waals surface area contributed by atoms with Crippen LogP contribution in [0.2, 0.25) is 0 Å². The maximum Gasteiger partial charge on any atom is 0.172 e. The van der Waals surface area contributed by atoms with Crippen LogP contribution in [0.25, 0.3) is 0 Å². The lowest BCUT2D eigenvalue weighted by Gasteiger charge is -2.29. The molecular weight excluding hydrogens is 326 g/mol. The summed E-state index contributed by atoms with van der Waals surface area (Å²) in [6.45, 7) is 3.63. The van der Waals surface area contributed by atoms with Crippen molar-refractivity contribution in [1.29, 1.82) is 0 Å². The van der Waals surface area contributed by atoms with Gasteiger partial charge in [0.2, 0.25) is 0 Å². The van der Waals surface area contributed by atoms with Gasteiger partial charge in [-0.05, 0) is 38.4 Å². The van der Waals surface area contributed by atoms with Crippen LogP contribution < -0.4 is 0 Å². The number of aromatic nitrogens is 6. The van der Waals surface area contributed by atoms with Crippen LogP contribution in [0, 0.1) is 0 Å². The molecule has 1 aliphatic rings. The largest absolute Gasteiger partial charge is 0.306 e. The summed E-state index contributed by atoms with van der Waals surface area (Å²) in [6.07, 6.45) is 6.60. The van der Waals surface area contributed by atoms with Crippen LogP contribution in [0.15, 0.2) is 43.0 Å². The van der Waals surface area contributed by atoms with Crippen molar-refractivity contribution in [2.24, 2.45) is 0 Å². The van der Waals surface area contributed by atoms with Crippen LogP contribution in [0.3, 0.4) is 0 Å². The molecule has 2 aromatic heterocycles. The van der Waals surface area contributed by atoms with Crippen LogP contribution in [-0.4, -0.2) is 54.6 Å². The molecule has 0 amide bonds. The normalized spacial score (nSPS) is 18.3. The standard InChI is InChI=1S/C19H25N7/c1-24-10-5-8-17(12-24)19-22-18(13-25-15-20-14-21-25)23-26(19)11-9-16-6-3-2-4-7-16/h2-4,6-7,14-15,17H,5,8-13H2,1H3. The monoisotopic (exact) mass is 351 g/mol. The van der Waals surface area contributed by atoms with Gasteiger partial charge in [-0.15, -0.1) is 0 Å². The Bertz CT molecular complexity index is 810. The van der Waals surface area contributed by atoms with E-state index in [4.69, 9.17) is 10.1 Å². The molecule has 1 aromatic carbocycles. The Morgan fingerprint density at radius 1 is 1.19 bits per heavy atom. The number of hydrogen-bond acceptors (Lipinski definition) is 5. The minimum atomic E-state index is 0.446. The van der Waals surface area contributed by atoms with Crippen molar-refractivity contribution >= 4 is 0 Å². The Labute approximate surface area is 153 Å². The Balaban J connectivity index is 1.55. The summed E-state index contributed by atoms with van der Waals surface area (Å²) < 4.78 is 3.89. The Morgan fingerprint density at radius 2 is 2.08 bits per heavy atom. The van der Waals surface area contributed by atoms with Crippen molar-refractivity contribution in [1.82, 2.24) is 34.4 Å². The third-order valence-electron chi connectivity index (χ3n) is 4.96. The number of aryl methyl sites for hydroxylation is 2. The van der Waals surface area contributed by atoms with Crippen molar-refractivity contribution in [3.63, 3.8) is 0 Å². The molecule has 7 nitrogen and oxygen atoms in total. The number of rotatable bonds is 6. The molecular formula is C19H25N7. The maximum atomic E-state index is 4.89. The van der Waals surface area contributed by atoms with Gasteiger partial charge in [-0.3, -0.25) is 0 Å². The van der Waals surface area contributed by atoms with E-state index in [0.29, 0.717) is 12.5 Å². The zero-order valence-corrected chi connectivity index (χ0v) is 15.2. The lowest BCUT2D eigenvalue weighted by Crippen LogP contribution is -2.32. The van der Waals surface area contributed by atoms with Gasteiger partial charge in [-0.1, -0.05) is 30.3 Å². The highest BCUT2D eigenvalue weighted by Crippen LogP contribution is 2.25. The first kappa shape index (κ1) is 16.9. The number of likely N-dealkylation sites (N-methyl/N-ethyl adjacent to an activating group) is 1. The summed E-state index contributed by atoms with van der Waals surface area (Å²) in [5.74, 6) is 2.37. The smallest absolute Gasteiger partial charge is 0.172 e. The van der Waals surface area contributed by atoms with Crippen LogP contribution >= 0.6 is 0 Å². The molecule has 1 atom stereocenters. The number of likely N-dealkylation sites (tertiary alicyclic amines) is 1. The van der Waals surface area contributed by atoms with Gasteiger partial charge in [-0.2, -0.15) is 10.2 Å².